The Morgan fingerprint density at radius 3 is 1.07 bits per heavy atom. The van der Waals surface area contributed by atoms with Gasteiger partial charge in [0.1, 0.15) is 36.6 Å². The fourth-order valence-electron chi connectivity index (χ4n) is 9.97. The molecule has 12 nitrogen and oxygen atoms in total. The van der Waals surface area contributed by atoms with E-state index in [0.717, 1.165) is 44.9 Å². The number of aliphatic hydroxyl groups is 6. The van der Waals surface area contributed by atoms with Crippen molar-refractivity contribution >= 4 is 13.7 Å². The van der Waals surface area contributed by atoms with Crippen LogP contribution in [0.3, 0.4) is 0 Å². The summed E-state index contributed by atoms with van der Waals surface area (Å²) in [6, 6.07) is -1.11. The van der Waals surface area contributed by atoms with Crippen LogP contribution >= 0.6 is 7.82 Å². The number of allylic oxidation sites excluding steroid dienone is 1. The minimum absolute atomic E-state index is 0.219. The van der Waals surface area contributed by atoms with Gasteiger partial charge in [-0.3, -0.25) is 13.8 Å². The number of nitrogens with one attached hydrogen (secondary N) is 1. The average molecular weight is 1030 g/mol. The van der Waals surface area contributed by atoms with Crippen LogP contribution in [0.25, 0.3) is 0 Å². The Bertz CT molecular complexity index is 1250. The Kier molecular flexibility index (Phi) is 45.6. The topological polar surface area (TPSA) is 206 Å². The fourth-order valence-corrected chi connectivity index (χ4v) is 10.9. The van der Waals surface area contributed by atoms with E-state index in [-0.39, 0.29) is 12.3 Å². The fraction of sp³-hybridized carbons (Fsp3) is 0.948. The standard InChI is InChI=1S/C58H114NO11P/c1-3-5-7-9-11-13-15-16-17-18-19-20-21-22-23-24-25-26-27-28-29-30-31-32-33-34-35-36-37-38-40-42-44-46-48-52(61)59-50(51(60)47-45-43-41-39-14-12-10-8-6-4-2)49-69-71(67,68)70-58-56(65)54(63)53(62)55(64)57(58)66/h45,47,50-51,53-58,60,62-66H,3-44,46,48-49H2,1-2H3,(H,59,61)(H,67,68)/b47-45+/t50-,51+,53?,54+,55?,56?,57?,58?/m0/s1. The molecule has 0 aliphatic heterocycles. The monoisotopic (exact) mass is 1030 g/mol. The third kappa shape index (κ3) is 38.3. The molecule has 0 spiro atoms. The second-order valence-corrected chi connectivity index (χ2v) is 23.0. The first-order chi connectivity index (χ1) is 34.4. The van der Waals surface area contributed by atoms with E-state index in [2.05, 4.69) is 19.2 Å². The molecule has 0 aromatic rings. The first kappa shape index (κ1) is 68.1. The average Bonchev–Trinajstić information content (AvgIpc) is 3.35. The lowest BCUT2D eigenvalue weighted by Gasteiger charge is -2.41. The number of phosphoric acid groups is 1. The molecule has 422 valence electrons. The molecule has 1 aliphatic rings. The summed E-state index contributed by atoms with van der Waals surface area (Å²) in [6.45, 7) is 3.85. The molecular weight excluding hydrogens is 918 g/mol. The number of carbonyl (C=O) groups excluding carboxylic acids is 1. The van der Waals surface area contributed by atoms with Crippen LogP contribution in [0.5, 0.6) is 0 Å². The first-order valence-electron chi connectivity index (χ1n) is 30.1. The van der Waals surface area contributed by atoms with Gasteiger partial charge in [-0.1, -0.05) is 283 Å². The summed E-state index contributed by atoms with van der Waals surface area (Å²) in [7, 11) is -5.08. The van der Waals surface area contributed by atoms with Gasteiger partial charge in [-0.2, -0.15) is 0 Å². The molecule has 0 bridgehead atoms. The normalized spacial score (nSPS) is 21.2. The maximum absolute atomic E-state index is 13.0. The van der Waals surface area contributed by atoms with Gasteiger partial charge in [0.15, 0.2) is 0 Å². The van der Waals surface area contributed by atoms with Crippen molar-refractivity contribution < 1.29 is 53.9 Å². The molecule has 13 heteroatoms. The van der Waals surface area contributed by atoms with Crippen molar-refractivity contribution in [3.63, 3.8) is 0 Å². The highest BCUT2D eigenvalue weighted by Crippen LogP contribution is 2.47. The summed E-state index contributed by atoms with van der Waals surface area (Å²) in [5, 5.41) is 64.1. The van der Waals surface area contributed by atoms with Crippen molar-refractivity contribution in [3.8, 4) is 0 Å². The molecular formula is C58H114NO11P. The Labute approximate surface area is 435 Å². The summed E-state index contributed by atoms with van der Waals surface area (Å²) >= 11 is 0. The third-order valence-electron chi connectivity index (χ3n) is 14.8. The number of phosphoric ester groups is 1. The van der Waals surface area contributed by atoms with E-state index in [1.54, 1.807) is 0 Å². The van der Waals surface area contributed by atoms with Gasteiger partial charge in [0.2, 0.25) is 5.91 Å². The minimum atomic E-state index is -5.08. The molecule has 1 fully saturated rings. The molecule has 6 unspecified atom stereocenters. The maximum atomic E-state index is 13.0. The zero-order chi connectivity index (χ0) is 52.1. The van der Waals surface area contributed by atoms with Gasteiger partial charge in [-0.25, -0.2) is 4.57 Å². The van der Waals surface area contributed by atoms with E-state index in [1.807, 2.05) is 6.08 Å². The van der Waals surface area contributed by atoms with Crippen LogP contribution in [0, 0.1) is 0 Å². The van der Waals surface area contributed by atoms with Crippen LogP contribution in [-0.4, -0.2) is 96.8 Å². The van der Waals surface area contributed by atoms with Crippen LogP contribution in [-0.2, 0) is 18.4 Å². The molecule has 0 radical (unpaired) electrons. The van der Waals surface area contributed by atoms with Crippen molar-refractivity contribution in [2.24, 2.45) is 0 Å². The lowest BCUT2D eigenvalue weighted by Crippen LogP contribution is -2.64. The highest BCUT2D eigenvalue weighted by Gasteiger charge is 2.51. The van der Waals surface area contributed by atoms with E-state index in [0.29, 0.717) is 6.42 Å². The van der Waals surface area contributed by atoms with E-state index >= 15 is 0 Å². The number of hydrogen-bond donors (Lipinski definition) is 8. The van der Waals surface area contributed by atoms with Gasteiger partial charge in [-0.05, 0) is 19.3 Å². The lowest BCUT2D eigenvalue weighted by molar-refractivity contribution is -0.220. The van der Waals surface area contributed by atoms with Gasteiger partial charge in [0.05, 0.1) is 18.8 Å². The SMILES string of the molecule is CCCCCCCCCC/C=C/[C@@H](O)[C@H](COP(=O)(O)OC1C(O)C(O)C(O)[C@@H](O)C1O)NC(=O)CCCCCCCCCCCCCCCCCCCCCCCCCCCCCCCCCCCC. The largest absolute Gasteiger partial charge is 0.472 e. The Hall–Kier alpha value is -0.920. The van der Waals surface area contributed by atoms with Crippen LogP contribution < -0.4 is 5.32 Å². The molecule has 1 aliphatic carbocycles. The van der Waals surface area contributed by atoms with Gasteiger partial charge >= 0.3 is 7.82 Å². The second kappa shape index (κ2) is 47.5. The maximum Gasteiger partial charge on any atom is 0.472 e. The third-order valence-corrected chi connectivity index (χ3v) is 15.8. The molecule has 71 heavy (non-hydrogen) atoms. The minimum Gasteiger partial charge on any atom is -0.387 e. The molecule has 1 rings (SSSR count). The number of carbonyl (C=O) groups is 1. The van der Waals surface area contributed by atoms with Crippen LogP contribution in [0.4, 0.5) is 0 Å². The van der Waals surface area contributed by atoms with E-state index in [4.69, 9.17) is 9.05 Å². The zero-order valence-corrected chi connectivity index (χ0v) is 46.7. The number of aliphatic hydroxyl groups excluding tert-OH is 6. The van der Waals surface area contributed by atoms with Gasteiger partial charge in [0, 0.05) is 6.42 Å². The number of amides is 1. The van der Waals surface area contributed by atoms with Crippen molar-refractivity contribution in [2.75, 3.05) is 6.61 Å². The first-order valence-corrected chi connectivity index (χ1v) is 31.6. The summed E-state index contributed by atoms with van der Waals surface area (Å²) in [5.41, 5.74) is 0. The van der Waals surface area contributed by atoms with Crippen LogP contribution in [0.2, 0.25) is 0 Å². The molecule has 0 aromatic carbocycles. The van der Waals surface area contributed by atoms with Crippen molar-refractivity contribution in [3.05, 3.63) is 12.2 Å². The number of rotatable bonds is 52. The highest BCUT2D eigenvalue weighted by molar-refractivity contribution is 7.47. The molecule has 0 heterocycles. The van der Waals surface area contributed by atoms with E-state index in [9.17, 15) is 44.9 Å². The number of unbranched alkanes of at least 4 members (excludes halogenated alkanes) is 41. The van der Waals surface area contributed by atoms with Crippen molar-refractivity contribution in [1.82, 2.24) is 5.32 Å². The predicted molar refractivity (Wildman–Crippen MR) is 292 cm³/mol. The Morgan fingerprint density at radius 2 is 0.746 bits per heavy atom. The molecule has 1 saturated carbocycles. The molecule has 1 amide bonds. The predicted octanol–water partition coefficient (Wildman–Crippen LogP) is 13.9. The van der Waals surface area contributed by atoms with Gasteiger partial charge in [0.25, 0.3) is 0 Å². The summed E-state index contributed by atoms with van der Waals surface area (Å²) in [4.78, 5) is 23.4. The van der Waals surface area contributed by atoms with Gasteiger partial charge in [-0.15, -0.1) is 0 Å². The molecule has 8 N–H and O–H groups in total. The van der Waals surface area contributed by atoms with Crippen molar-refractivity contribution in [2.45, 2.75) is 345 Å². The van der Waals surface area contributed by atoms with Crippen LogP contribution in [0.1, 0.15) is 296 Å². The molecule has 9 atom stereocenters. The second-order valence-electron chi connectivity index (χ2n) is 21.6. The zero-order valence-electron chi connectivity index (χ0n) is 45.8. The van der Waals surface area contributed by atoms with Gasteiger partial charge < -0.3 is 40.8 Å². The summed E-state index contributed by atoms with van der Waals surface area (Å²) in [6.07, 6.45) is 46.3. The molecule has 0 aromatic heterocycles. The Balaban J connectivity index is 2.13. The number of hydrogen-bond acceptors (Lipinski definition) is 10. The van der Waals surface area contributed by atoms with E-state index in [1.165, 1.54) is 231 Å². The molecule has 0 saturated heterocycles. The smallest absolute Gasteiger partial charge is 0.387 e. The summed E-state index contributed by atoms with van der Waals surface area (Å²) in [5.74, 6) is -0.336. The lowest BCUT2D eigenvalue weighted by atomic mass is 9.85. The van der Waals surface area contributed by atoms with Crippen LogP contribution in [0.15, 0.2) is 12.2 Å². The van der Waals surface area contributed by atoms with Crippen molar-refractivity contribution in [1.29, 1.82) is 0 Å². The highest BCUT2D eigenvalue weighted by atomic mass is 31.2. The van der Waals surface area contributed by atoms with E-state index < -0.39 is 63.2 Å². The quantitative estimate of drug-likeness (QED) is 0.0163. The Morgan fingerprint density at radius 1 is 0.465 bits per heavy atom. The summed E-state index contributed by atoms with van der Waals surface area (Å²) < 4.78 is 23.0.